The number of amides is 1. The summed E-state index contributed by atoms with van der Waals surface area (Å²) in [6, 6.07) is 19.3. The van der Waals surface area contributed by atoms with Crippen molar-refractivity contribution in [3.05, 3.63) is 66.2 Å². The van der Waals surface area contributed by atoms with Crippen LogP contribution in [0.25, 0.3) is 21.9 Å². The average molecular weight is 430 g/mol. The van der Waals surface area contributed by atoms with E-state index < -0.39 is 18.5 Å². The topological polar surface area (TPSA) is 111 Å². The molecule has 0 fully saturated rings. The number of nitrogens with zero attached hydrogens (tertiary/aromatic N) is 1. The molecule has 4 aromatic rings. The van der Waals surface area contributed by atoms with E-state index in [-0.39, 0.29) is 6.61 Å². The van der Waals surface area contributed by atoms with Gasteiger partial charge in [0.2, 0.25) is 0 Å². The lowest BCUT2D eigenvalue weighted by atomic mass is 10.1. The highest BCUT2D eigenvalue weighted by Gasteiger charge is 2.15. The van der Waals surface area contributed by atoms with Crippen LogP contribution in [-0.2, 0) is 14.3 Å². The summed E-state index contributed by atoms with van der Waals surface area (Å²) in [6.45, 7) is -0.857. The molecule has 0 bridgehead atoms. The van der Waals surface area contributed by atoms with Crippen LogP contribution in [-0.4, -0.2) is 32.2 Å². The summed E-state index contributed by atoms with van der Waals surface area (Å²) < 4.78 is 21.5. The minimum absolute atomic E-state index is 0.368. The fourth-order valence-electron chi connectivity index (χ4n) is 3.16. The first-order valence-corrected chi connectivity index (χ1v) is 9.65. The Hall–Kier alpha value is -4.51. The first-order valence-electron chi connectivity index (χ1n) is 9.65. The number of carbonyl (C=O) groups is 2. The van der Waals surface area contributed by atoms with Crippen LogP contribution in [0.5, 0.6) is 11.5 Å². The Morgan fingerprint density at radius 1 is 1.00 bits per heavy atom. The van der Waals surface area contributed by atoms with Gasteiger partial charge in [0.15, 0.2) is 13.2 Å². The molecule has 0 atom stereocenters. The van der Waals surface area contributed by atoms with E-state index in [1.54, 1.807) is 36.4 Å². The molecule has 0 spiro atoms. The van der Waals surface area contributed by atoms with Crippen LogP contribution in [0.4, 0.5) is 5.69 Å². The highest BCUT2D eigenvalue weighted by molar-refractivity contribution is 6.07. The minimum atomic E-state index is -0.704. The second kappa shape index (κ2) is 9.10. The highest BCUT2D eigenvalue weighted by Crippen LogP contribution is 2.36. The van der Waals surface area contributed by atoms with Crippen LogP contribution < -0.4 is 14.8 Å². The number of carbonyl (C=O) groups excluding carboxylic acids is 2. The van der Waals surface area contributed by atoms with Gasteiger partial charge in [-0.3, -0.25) is 4.79 Å². The molecule has 1 N–H and O–H groups in total. The van der Waals surface area contributed by atoms with Gasteiger partial charge in [-0.2, -0.15) is 5.26 Å². The number of anilines is 1. The molecule has 0 aliphatic carbocycles. The number of rotatable bonds is 7. The Bertz CT molecular complexity index is 1330. The predicted molar refractivity (Wildman–Crippen MR) is 117 cm³/mol. The van der Waals surface area contributed by atoms with Gasteiger partial charge in [0, 0.05) is 16.8 Å². The van der Waals surface area contributed by atoms with Gasteiger partial charge in [0.1, 0.15) is 22.7 Å². The summed E-state index contributed by atoms with van der Waals surface area (Å²) in [4.78, 5) is 24.2. The lowest BCUT2D eigenvalue weighted by molar-refractivity contribution is -0.149. The molecule has 0 aliphatic heterocycles. The van der Waals surface area contributed by atoms with Crippen LogP contribution in [0.1, 0.15) is 5.56 Å². The largest absolute Gasteiger partial charge is 0.495 e. The van der Waals surface area contributed by atoms with Crippen molar-refractivity contribution in [3.63, 3.8) is 0 Å². The Morgan fingerprint density at radius 3 is 2.53 bits per heavy atom. The van der Waals surface area contributed by atoms with Crippen molar-refractivity contribution in [2.24, 2.45) is 0 Å². The monoisotopic (exact) mass is 430 g/mol. The molecule has 32 heavy (non-hydrogen) atoms. The Morgan fingerprint density at radius 2 is 1.78 bits per heavy atom. The van der Waals surface area contributed by atoms with Crippen molar-refractivity contribution in [1.29, 1.82) is 5.26 Å². The molecule has 0 aliphatic rings. The molecule has 160 valence electrons. The minimum Gasteiger partial charge on any atom is -0.495 e. The van der Waals surface area contributed by atoms with Crippen LogP contribution >= 0.6 is 0 Å². The van der Waals surface area contributed by atoms with E-state index in [9.17, 15) is 9.59 Å². The van der Waals surface area contributed by atoms with Crippen molar-refractivity contribution in [3.8, 4) is 17.6 Å². The van der Waals surface area contributed by atoms with Gasteiger partial charge in [0.05, 0.1) is 24.4 Å². The summed E-state index contributed by atoms with van der Waals surface area (Å²) in [5.41, 5.74) is 2.20. The molecule has 8 nitrogen and oxygen atoms in total. The number of hydrogen-bond acceptors (Lipinski definition) is 7. The number of methoxy groups -OCH3 is 1. The fraction of sp³-hybridized carbons (Fsp3) is 0.125. The Kier molecular flexibility index (Phi) is 5.90. The SMILES string of the molecule is COc1cc2c(cc1NC(=O)COC(=O)COc1ccc(C#N)cc1)oc1ccccc12. The van der Waals surface area contributed by atoms with Crippen LogP contribution in [0.3, 0.4) is 0 Å². The molecule has 0 saturated carbocycles. The number of nitriles is 1. The standard InChI is InChI=1S/C24H18N2O6/c1-29-22-10-18-17-4-2-3-5-20(17)32-21(18)11-19(22)26-23(27)13-31-24(28)14-30-16-8-6-15(12-25)7-9-16/h2-11H,13-14H2,1H3,(H,26,27). The van der Waals surface area contributed by atoms with Gasteiger partial charge < -0.3 is 23.9 Å². The highest BCUT2D eigenvalue weighted by atomic mass is 16.6. The molecule has 1 aromatic heterocycles. The maximum Gasteiger partial charge on any atom is 0.344 e. The number of fused-ring (bicyclic) bond motifs is 3. The number of furan rings is 1. The summed E-state index contributed by atoms with van der Waals surface area (Å²) >= 11 is 0. The first kappa shape index (κ1) is 20.8. The zero-order valence-electron chi connectivity index (χ0n) is 17.1. The number of ether oxygens (including phenoxy) is 3. The summed E-state index contributed by atoms with van der Waals surface area (Å²) in [5, 5.41) is 13.2. The third-order valence-corrected chi connectivity index (χ3v) is 4.68. The molecule has 4 rings (SSSR count). The van der Waals surface area contributed by atoms with Crippen LogP contribution in [0.2, 0.25) is 0 Å². The lowest BCUT2D eigenvalue weighted by Crippen LogP contribution is -2.23. The Labute approximate surface area is 182 Å². The second-order valence-electron chi connectivity index (χ2n) is 6.78. The van der Waals surface area contributed by atoms with Crippen molar-refractivity contribution in [2.45, 2.75) is 0 Å². The van der Waals surface area contributed by atoms with Crippen molar-refractivity contribution in [1.82, 2.24) is 0 Å². The fourth-order valence-corrected chi connectivity index (χ4v) is 3.16. The summed E-state index contributed by atoms with van der Waals surface area (Å²) in [5.74, 6) is -0.378. The third-order valence-electron chi connectivity index (χ3n) is 4.68. The third kappa shape index (κ3) is 4.47. The van der Waals surface area contributed by atoms with Gasteiger partial charge in [-0.25, -0.2) is 4.79 Å². The van der Waals surface area contributed by atoms with Gasteiger partial charge >= 0.3 is 5.97 Å². The maximum atomic E-state index is 12.3. The van der Waals surface area contributed by atoms with Gasteiger partial charge in [0.25, 0.3) is 5.91 Å². The van der Waals surface area contributed by atoms with Crippen molar-refractivity contribution < 1.29 is 28.2 Å². The summed E-state index contributed by atoms with van der Waals surface area (Å²) in [7, 11) is 1.50. The average Bonchev–Trinajstić information content (AvgIpc) is 3.18. The second-order valence-corrected chi connectivity index (χ2v) is 6.78. The zero-order chi connectivity index (χ0) is 22.5. The van der Waals surface area contributed by atoms with E-state index >= 15 is 0 Å². The molecule has 1 heterocycles. The Balaban J connectivity index is 1.36. The number of nitrogens with one attached hydrogen (secondary N) is 1. The molecule has 0 radical (unpaired) electrons. The van der Waals surface area contributed by atoms with Crippen molar-refractivity contribution in [2.75, 3.05) is 25.6 Å². The van der Waals surface area contributed by atoms with E-state index in [0.717, 1.165) is 16.4 Å². The smallest absolute Gasteiger partial charge is 0.344 e. The molecular weight excluding hydrogens is 412 g/mol. The molecular formula is C24H18N2O6. The lowest BCUT2D eigenvalue weighted by Gasteiger charge is -2.11. The van der Waals surface area contributed by atoms with Crippen LogP contribution in [0, 0.1) is 11.3 Å². The number of benzene rings is 3. The molecule has 0 unspecified atom stereocenters. The zero-order valence-corrected chi connectivity index (χ0v) is 17.1. The van der Waals surface area contributed by atoms with E-state index in [1.807, 2.05) is 30.3 Å². The van der Waals surface area contributed by atoms with Crippen LogP contribution in [0.15, 0.2) is 65.1 Å². The number of hydrogen-bond donors (Lipinski definition) is 1. The molecule has 8 heteroatoms. The first-order chi connectivity index (χ1) is 15.6. The van der Waals surface area contributed by atoms with Gasteiger partial charge in [-0.1, -0.05) is 18.2 Å². The molecule has 1 amide bonds. The van der Waals surface area contributed by atoms with Gasteiger partial charge in [-0.15, -0.1) is 0 Å². The van der Waals surface area contributed by atoms with E-state index in [4.69, 9.17) is 23.9 Å². The predicted octanol–water partition coefficient (Wildman–Crippen LogP) is 4.03. The summed E-state index contributed by atoms with van der Waals surface area (Å²) in [6.07, 6.45) is 0. The van der Waals surface area contributed by atoms with E-state index in [2.05, 4.69) is 5.32 Å². The maximum absolute atomic E-state index is 12.3. The molecule has 0 saturated heterocycles. The van der Waals surface area contributed by atoms with E-state index in [0.29, 0.717) is 28.3 Å². The molecule has 3 aromatic carbocycles. The number of esters is 1. The van der Waals surface area contributed by atoms with E-state index in [1.165, 1.54) is 7.11 Å². The number of para-hydroxylation sites is 1. The normalized spacial score (nSPS) is 10.5. The quantitative estimate of drug-likeness (QED) is 0.441. The van der Waals surface area contributed by atoms with Crippen molar-refractivity contribution >= 4 is 39.5 Å². The van der Waals surface area contributed by atoms with Gasteiger partial charge in [-0.05, 0) is 36.4 Å².